The molecule has 0 fully saturated rings. The minimum absolute atomic E-state index is 0.189. The molecule has 17 heavy (non-hydrogen) atoms. The van der Waals surface area contributed by atoms with E-state index in [1.807, 2.05) is 5.32 Å². The van der Waals surface area contributed by atoms with E-state index in [0.717, 1.165) is 6.07 Å². The highest BCUT2D eigenvalue weighted by atomic mass is 35.5. The fraction of sp³-hybridized carbons (Fsp3) is 0.200. The van der Waals surface area contributed by atoms with Gasteiger partial charge in [-0.3, -0.25) is 4.79 Å². The van der Waals surface area contributed by atoms with E-state index in [9.17, 15) is 14.0 Å². The van der Waals surface area contributed by atoms with Gasteiger partial charge in [0, 0.05) is 0 Å². The number of carboxylic acid groups (broad SMARTS) is 1. The molecule has 5 nitrogen and oxygen atoms in total. The van der Waals surface area contributed by atoms with Crippen LogP contribution in [-0.4, -0.2) is 34.7 Å². The van der Waals surface area contributed by atoms with Crippen LogP contribution in [0.4, 0.5) is 4.39 Å². The molecule has 7 heteroatoms. The Bertz CT molecular complexity index is 452. The van der Waals surface area contributed by atoms with Crippen LogP contribution in [0.1, 0.15) is 10.4 Å². The molecule has 1 aromatic carbocycles. The van der Waals surface area contributed by atoms with E-state index >= 15 is 0 Å². The van der Waals surface area contributed by atoms with Crippen LogP contribution in [0.3, 0.4) is 0 Å². The highest BCUT2D eigenvalue weighted by molar-refractivity contribution is 6.34. The summed E-state index contributed by atoms with van der Waals surface area (Å²) in [6.07, 6.45) is 0. The highest BCUT2D eigenvalue weighted by Gasteiger charge is 2.21. The molecule has 1 aromatic rings. The summed E-state index contributed by atoms with van der Waals surface area (Å²) in [5.74, 6) is -3.04. The molecule has 0 spiro atoms. The van der Waals surface area contributed by atoms with Crippen LogP contribution in [0.25, 0.3) is 0 Å². The van der Waals surface area contributed by atoms with Gasteiger partial charge in [-0.05, 0) is 12.1 Å². The van der Waals surface area contributed by atoms with Gasteiger partial charge in [0.15, 0.2) is 6.04 Å². The molecule has 3 N–H and O–H groups in total. The Kier molecular flexibility index (Phi) is 4.42. The second-order valence-electron chi connectivity index (χ2n) is 3.15. The van der Waals surface area contributed by atoms with Crippen molar-refractivity contribution in [2.24, 2.45) is 0 Å². The third-order valence-electron chi connectivity index (χ3n) is 1.98. The van der Waals surface area contributed by atoms with Gasteiger partial charge in [-0.1, -0.05) is 17.7 Å². The molecule has 0 aliphatic heterocycles. The van der Waals surface area contributed by atoms with E-state index < -0.39 is 35.4 Å². The number of aliphatic hydroxyl groups is 1. The van der Waals surface area contributed by atoms with Crippen molar-refractivity contribution in [1.82, 2.24) is 5.32 Å². The topological polar surface area (TPSA) is 86.6 Å². The first kappa shape index (κ1) is 13.4. The second kappa shape index (κ2) is 5.60. The molecular formula is C10H9ClFNO4. The summed E-state index contributed by atoms with van der Waals surface area (Å²) in [6.45, 7) is -0.770. The van der Waals surface area contributed by atoms with Crippen molar-refractivity contribution in [2.75, 3.05) is 6.61 Å². The van der Waals surface area contributed by atoms with Crippen LogP contribution in [0.15, 0.2) is 18.2 Å². The van der Waals surface area contributed by atoms with Crippen LogP contribution < -0.4 is 5.32 Å². The van der Waals surface area contributed by atoms with Crippen molar-refractivity contribution in [1.29, 1.82) is 0 Å². The van der Waals surface area contributed by atoms with Gasteiger partial charge in [0.25, 0.3) is 5.91 Å². The summed E-state index contributed by atoms with van der Waals surface area (Å²) in [5.41, 5.74) is -0.189. The number of carbonyl (C=O) groups is 2. The fourth-order valence-electron chi connectivity index (χ4n) is 1.10. The quantitative estimate of drug-likeness (QED) is 0.743. The average Bonchev–Trinajstić information content (AvgIpc) is 2.28. The van der Waals surface area contributed by atoms with Crippen LogP contribution in [0.5, 0.6) is 0 Å². The van der Waals surface area contributed by atoms with Crippen molar-refractivity contribution < 1.29 is 24.2 Å². The Morgan fingerprint density at radius 3 is 2.65 bits per heavy atom. The molecule has 1 atom stereocenters. The van der Waals surface area contributed by atoms with Crippen LogP contribution in [0.2, 0.25) is 5.02 Å². The van der Waals surface area contributed by atoms with Crippen molar-refractivity contribution in [2.45, 2.75) is 6.04 Å². The number of amides is 1. The first-order valence-electron chi connectivity index (χ1n) is 4.56. The maximum absolute atomic E-state index is 13.0. The molecule has 0 aromatic heterocycles. The smallest absolute Gasteiger partial charge is 0.328 e. The van der Waals surface area contributed by atoms with E-state index in [1.165, 1.54) is 12.1 Å². The summed E-state index contributed by atoms with van der Waals surface area (Å²) in [6, 6.07) is 2.13. The van der Waals surface area contributed by atoms with E-state index in [4.69, 9.17) is 21.8 Å². The van der Waals surface area contributed by atoms with E-state index in [1.54, 1.807) is 0 Å². The molecule has 1 unspecified atom stereocenters. The zero-order chi connectivity index (χ0) is 13.0. The number of benzene rings is 1. The lowest BCUT2D eigenvalue weighted by Crippen LogP contribution is -2.43. The van der Waals surface area contributed by atoms with Gasteiger partial charge in [-0.25, -0.2) is 9.18 Å². The minimum atomic E-state index is -1.46. The molecule has 1 rings (SSSR count). The number of nitrogens with one attached hydrogen (secondary N) is 1. The number of carboxylic acids is 1. The second-order valence-corrected chi connectivity index (χ2v) is 3.53. The molecule has 1 amide bonds. The van der Waals surface area contributed by atoms with E-state index in [-0.39, 0.29) is 5.56 Å². The lowest BCUT2D eigenvalue weighted by Gasteiger charge is -2.12. The van der Waals surface area contributed by atoms with Gasteiger partial charge < -0.3 is 15.5 Å². The van der Waals surface area contributed by atoms with Crippen molar-refractivity contribution in [3.63, 3.8) is 0 Å². The maximum atomic E-state index is 13.0. The molecule has 92 valence electrons. The van der Waals surface area contributed by atoms with Gasteiger partial charge in [0.1, 0.15) is 5.82 Å². The number of aliphatic carboxylic acids is 1. The monoisotopic (exact) mass is 261 g/mol. The largest absolute Gasteiger partial charge is 0.480 e. The molecular weight excluding hydrogens is 253 g/mol. The number of carbonyl (C=O) groups excluding carboxylic acids is 1. The van der Waals surface area contributed by atoms with E-state index in [0.29, 0.717) is 0 Å². The van der Waals surface area contributed by atoms with Crippen LogP contribution in [-0.2, 0) is 4.79 Å². The Hall–Kier alpha value is -1.66. The maximum Gasteiger partial charge on any atom is 0.328 e. The Morgan fingerprint density at radius 2 is 2.12 bits per heavy atom. The van der Waals surface area contributed by atoms with Crippen LogP contribution >= 0.6 is 11.6 Å². The lowest BCUT2D eigenvalue weighted by atomic mass is 10.2. The van der Waals surface area contributed by atoms with Crippen molar-refractivity contribution in [3.8, 4) is 0 Å². The molecule has 0 bridgehead atoms. The summed E-state index contributed by atoms with van der Waals surface area (Å²) in [7, 11) is 0. The Labute approximate surface area is 101 Å². The zero-order valence-electron chi connectivity index (χ0n) is 8.48. The summed E-state index contributed by atoms with van der Waals surface area (Å²) in [5, 5.41) is 18.9. The number of aliphatic hydroxyl groups excluding tert-OH is 1. The van der Waals surface area contributed by atoms with Crippen LogP contribution in [0, 0.1) is 5.82 Å². The van der Waals surface area contributed by atoms with Gasteiger partial charge in [0.05, 0.1) is 17.2 Å². The number of halogens is 2. The molecule has 0 radical (unpaired) electrons. The number of hydrogen-bond donors (Lipinski definition) is 3. The average molecular weight is 262 g/mol. The Balaban J connectivity index is 2.90. The van der Waals surface area contributed by atoms with E-state index in [2.05, 4.69) is 0 Å². The van der Waals surface area contributed by atoms with Crippen molar-refractivity contribution in [3.05, 3.63) is 34.6 Å². The fourth-order valence-corrected chi connectivity index (χ4v) is 1.31. The predicted octanol–water partition coefficient (Wildman–Crippen LogP) is 0.654. The Morgan fingerprint density at radius 1 is 1.47 bits per heavy atom. The SMILES string of the molecule is O=C(NC(CO)C(=O)O)c1cccc(F)c1Cl. The normalized spacial score (nSPS) is 11.9. The summed E-state index contributed by atoms with van der Waals surface area (Å²) >= 11 is 5.55. The predicted molar refractivity (Wildman–Crippen MR) is 57.4 cm³/mol. The van der Waals surface area contributed by atoms with Gasteiger partial charge in [-0.2, -0.15) is 0 Å². The highest BCUT2D eigenvalue weighted by Crippen LogP contribution is 2.19. The first-order chi connectivity index (χ1) is 7.97. The van der Waals surface area contributed by atoms with Gasteiger partial charge >= 0.3 is 5.97 Å². The molecule has 0 aliphatic carbocycles. The molecule has 0 aliphatic rings. The minimum Gasteiger partial charge on any atom is -0.480 e. The van der Waals surface area contributed by atoms with Gasteiger partial charge in [-0.15, -0.1) is 0 Å². The zero-order valence-corrected chi connectivity index (χ0v) is 9.24. The standard InChI is InChI=1S/C10H9ClFNO4/c11-8-5(2-1-3-6(8)12)9(15)13-7(4-14)10(16)17/h1-3,7,14H,4H2,(H,13,15)(H,16,17). The third-order valence-corrected chi connectivity index (χ3v) is 2.37. The van der Waals surface area contributed by atoms with Gasteiger partial charge in [0.2, 0.25) is 0 Å². The molecule has 0 saturated carbocycles. The summed E-state index contributed by atoms with van der Waals surface area (Å²) in [4.78, 5) is 22.1. The lowest BCUT2D eigenvalue weighted by molar-refractivity contribution is -0.140. The molecule has 0 saturated heterocycles. The first-order valence-corrected chi connectivity index (χ1v) is 4.93. The number of rotatable bonds is 4. The third kappa shape index (κ3) is 3.15. The summed E-state index contributed by atoms with van der Waals surface area (Å²) < 4.78 is 13.0. The van der Waals surface area contributed by atoms with Crippen molar-refractivity contribution >= 4 is 23.5 Å². The number of hydrogen-bond acceptors (Lipinski definition) is 3. The molecule has 0 heterocycles.